The normalized spacial score (nSPS) is 19.5. The fourth-order valence-corrected chi connectivity index (χ4v) is 3.29. The number of benzene rings is 1. The van der Waals surface area contributed by atoms with Gasteiger partial charge < -0.3 is 15.0 Å². The molecule has 0 bridgehead atoms. The first-order chi connectivity index (χ1) is 9.73. The van der Waals surface area contributed by atoms with E-state index in [-0.39, 0.29) is 0 Å². The second-order valence-corrected chi connectivity index (χ2v) is 5.97. The van der Waals surface area contributed by atoms with Gasteiger partial charge in [-0.3, -0.25) is 0 Å². The molecule has 1 aromatic carbocycles. The summed E-state index contributed by atoms with van der Waals surface area (Å²) in [4.78, 5) is 5.71. The summed E-state index contributed by atoms with van der Waals surface area (Å²) in [6.07, 6.45) is 6.12. The summed E-state index contributed by atoms with van der Waals surface area (Å²) in [6, 6.07) is 8.26. The Kier molecular flexibility index (Phi) is 3.81. The monoisotopic (exact) mass is 272 g/mol. The molecular formula is C17H24N2O. The molecule has 1 fully saturated rings. The predicted octanol–water partition coefficient (Wildman–Crippen LogP) is 3.25. The number of aromatic nitrogens is 1. The van der Waals surface area contributed by atoms with E-state index in [4.69, 9.17) is 0 Å². The Morgan fingerprint density at radius 1 is 1.25 bits per heavy atom. The SMILES string of the molecule is CCCCN1CCC(O)(c2cccc3[nH]ccc23)CC1. The van der Waals surface area contributed by atoms with Crippen LogP contribution in [0, 0.1) is 0 Å². The van der Waals surface area contributed by atoms with Crippen molar-refractivity contribution < 1.29 is 5.11 Å². The van der Waals surface area contributed by atoms with E-state index < -0.39 is 5.60 Å². The predicted molar refractivity (Wildman–Crippen MR) is 82.8 cm³/mol. The number of aromatic amines is 1. The van der Waals surface area contributed by atoms with Crippen LogP contribution in [0.4, 0.5) is 0 Å². The molecule has 3 heteroatoms. The van der Waals surface area contributed by atoms with Crippen LogP contribution in [0.2, 0.25) is 0 Å². The van der Waals surface area contributed by atoms with Crippen LogP contribution in [0.3, 0.4) is 0 Å². The minimum Gasteiger partial charge on any atom is -0.385 e. The van der Waals surface area contributed by atoms with Crippen LogP contribution in [0.5, 0.6) is 0 Å². The van der Waals surface area contributed by atoms with Gasteiger partial charge >= 0.3 is 0 Å². The van der Waals surface area contributed by atoms with Crippen molar-refractivity contribution in [3.63, 3.8) is 0 Å². The van der Waals surface area contributed by atoms with Gasteiger partial charge in [0.15, 0.2) is 0 Å². The molecule has 20 heavy (non-hydrogen) atoms. The van der Waals surface area contributed by atoms with Crippen LogP contribution in [0.15, 0.2) is 30.5 Å². The largest absolute Gasteiger partial charge is 0.385 e. The van der Waals surface area contributed by atoms with Crippen LogP contribution in [0.1, 0.15) is 38.2 Å². The van der Waals surface area contributed by atoms with E-state index >= 15 is 0 Å². The molecule has 3 nitrogen and oxygen atoms in total. The molecule has 2 N–H and O–H groups in total. The van der Waals surface area contributed by atoms with Gasteiger partial charge in [-0.1, -0.05) is 25.5 Å². The molecule has 2 aromatic rings. The number of hydrogen-bond acceptors (Lipinski definition) is 2. The average molecular weight is 272 g/mol. The van der Waals surface area contributed by atoms with Crippen molar-refractivity contribution in [2.45, 2.75) is 38.2 Å². The van der Waals surface area contributed by atoms with E-state index in [0.717, 1.165) is 42.4 Å². The second kappa shape index (κ2) is 5.58. The summed E-state index contributed by atoms with van der Waals surface area (Å²) in [5.74, 6) is 0. The number of likely N-dealkylation sites (tertiary alicyclic amines) is 1. The van der Waals surface area contributed by atoms with Gasteiger partial charge in [0, 0.05) is 30.2 Å². The van der Waals surface area contributed by atoms with Crippen LogP contribution in [-0.4, -0.2) is 34.6 Å². The first-order valence-electron chi connectivity index (χ1n) is 7.74. The molecule has 1 saturated heterocycles. The van der Waals surface area contributed by atoms with E-state index in [1.807, 2.05) is 12.3 Å². The van der Waals surface area contributed by atoms with Gasteiger partial charge in [0.2, 0.25) is 0 Å². The minimum absolute atomic E-state index is 0.662. The van der Waals surface area contributed by atoms with Gasteiger partial charge in [-0.15, -0.1) is 0 Å². The zero-order valence-corrected chi connectivity index (χ0v) is 12.2. The molecule has 0 radical (unpaired) electrons. The van der Waals surface area contributed by atoms with Crippen molar-refractivity contribution in [3.05, 3.63) is 36.0 Å². The maximum absolute atomic E-state index is 11.1. The van der Waals surface area contributed by atoms with Crippen molar-refractivity contribution in [1.82, 2.24) is 9.88 Å². The highest BCUT2D eigenvalue weighted by Crippen LogP contribution is 2.36. The highest BCUT2D eigenvalue weighted by Gasteiger charge is 2.34. The van der Waals surface area contributed by atoms with Crippen molar-refractivity contribution >= 4 is 10.9 Å². The lowest BCUT2D eigenvalue weighted by molar-refractivity contribution is -0.0248. The number of nitrogens with zero attached hydrogens (tertiary/aromatic N) is 1. The summed E-state index contributed by atoms with van der Waals surface area (Å²) in [5.41, 5.74) is 1.54. The second-order valence-electron chi connectivity index (χ2n) is 5.97. The van der Waals surface area contributed by atoms with Crippen LogP contribution < -0.4 is 0 Å². The van der Waals surface area contributed by atoms with E-state index in [0.29, 0.717) is 0 Å². The standard InChI is InChI=1S/C17H24N2O/c1-2-3-11-19-12-8-17(20,9-13-19)15-5-4-6-16-14(15)7-10-18-16/h4-7,10,18,20H,2-3,8-9,11-13H2,1H3. The van der Waals surface area contributed by atoms with E-state index in [1.165, 1.54) is 19.4 Å². The molecular weight excluding hydrogens is 248 g/mol. The van der Waals surface area contributed by atoms with Crippen LogP contribution in [-0.2, 0) is 5.60 Å². The fourth-order valence-electron chi connectivity index (χ4n) is 3.29. The summed E-state index contributed by atoms with van der Waals surface area (Å²) < 4.78 is 0. The molecule has 1 aliphatic heterocycles. The molecule has 2 heterocycles. The van der Waals surface area contributed by atoms with Gasteiger partial charge in [-0.05, 0) is 43.5 Å². The van der Waals surface area contributed by atoms with E-state index in [9.17, 15) is 5.11 Å². The molecule has 0 amide bonds. The number of fused-ring (bicyclic) bond motifs is 1. The lowest BCUT2D eigenvalue weighted by atomic mass is 9.83. The van der Waals surface area contributed by atoms with Gasteiger partial charge in [-0.2, -0.15) is 0 Å². The lowest BCUT2D eigenvalue weighted by Crippen LogP contribution is -2.42. The molecule has 3 rings (SSSR count). The quantitative estimate of drug-likeness (QED) is 0.897. The average Bonchev–Trinajstić information content (AvgIpc) is 2.95. The molecule has 1 aliphatic rings. The third-order valence-corrected chi connectivity index (χ3v) is 4.61. The number of aliphatic hydroxyl groups is 1. The number of hydrogen-bond donors (Lipinski definition) is 2. The summed E-state index contributed by atoms with van der Waals surface area (Å²) >= 11 is 0. The Morgan fingerprint density at radius 3 is 2.80 bits per heavy atom. The molecule has 0 unspecified atom stereocenters. The molecule has 1 aromatic heterocycles. The van der Waals surface area contributed by atoms with E-state index in [2.05, 4.69) is 35.0 Å². The summed E-state index contributed by atoms with van der Waals surface area (Å²) in [6.45, 7) is 5.39. The van der Waals surface area contributed by atoms with Crippen molar-refractivity contribution in [1.29, 1.82) is 0 Å². The van der Waals surface area contributed by atoms with Crippen molar-refractivity contribution in [3.8, 4) is 0 Å². The van der Waals surface area contributed by atoms with E-state index in [1.54, 1.807) is 0 Å². The number of rotatable bonds is 4. The lowest BCUT2D eigenvalue weighted by Gasteiger charge is -2.39. The molecule has 0 atom stereocenters. The fraction of sp³-hybridized carbons (Fsp3) is 0.529. The highest BCUT2D eigenvalue weighted by molar-refractivity contribution is 5.83. The number of H-pyrrole nitrogens is 1. The summed E-state index contributed by atoms with van der Waals surface area (Å²) in [5, 5.41) is 12.2. The van der Waals surface area contributed by atoms with Crippen LogP contribution in [0.25, 0.3) is 10.9 Å². The topological polar surface area (TPSA) is 39.3 Å². The number of unbranched alkanes of at least 4 members (excludes halogenated alkanes) is 1. The zero-order valence-electron chi connectivity index (χ0n) is 12.2. The molecule has 0 spiro atoms. The van der Waals surface area contributed by atoms with Gasteiger partial charge in [0.1, 0.15) is 0 Å². The van der Waals surface area contributed by atoms with Crippen molar-refractivity contribution in [2.24, 2.45) is 0 Å². The smallest absolute Gasteiger partial charge is 0.0927 e. The molecule has 0 aliphatic carbocycles. The Hall–Kier alpha value is -1.32. The van der Waals surface area contributed by atoms with Gasteiger partial charge in [-0.25, -0.2) is 0 Å². The number of piperidine rings is 1. The number of nitrogens with one attached hydrogen (secondary N) is 1. The Bertz CT molecular complexity index is 567. The van der Waals surface area contributed by atoms with Gasteiger partial charge in [0.25, 0.3) is 0 Å². The Labute approximate surface area is 120 Å². The zero-order chi connectivity index (χ0) is 14.0. The maximum atomic E-state index is 11.1. The first-order valence-corrected chi connectivity index (χ1v) is 7.74. The van der Waals surface area contributed by atoms with Crippen LogP contribution >= 0.6 is 0 Å². The first kappa shape index (κ1) is 13.7. The Balaban J connectivity index is 1.79. The minimum atomic E-state index is -0.662. The van der Waals surface area contributed by atoms with Crippen molar-refractivity contribution in [2.75, 3.05) is 19.6 Å². The third kappa shape index (κ3) is 2.48. The third-order valence-electron chi connectivity index (χ3n) is 4.61. The maximum Gasteiger partial charge on any atom is 0.0927 e. The molecule has 0 saturated carbocycles. The summed E-state index contributed by atoms with van der Waals surface area (Å²) in [7, 11) is 0. The van der Waals surface area contributed by atoms with Gasteiger partial charge in [0.05, 0.1) is 5.60 Å². The molecule has 108 valence electrons. The Morgan fingerprint density at radius 2 is 2.05 bits per heavy atom. The highest BCUT2D eigenvalue weighted by atomic mass is 16.3.